The van der Waals surface area contributed by atoms with Gasteiger partial charge in [-0.15, -0.1) is 0 Å². The molecular formula is C21H24N4O2. The molecule has 2 aromatic heterocycles. The third-order valence-corrected chi connectivity index (χ3v) is 5.56. The topological polar surface area (TPSA) is 63.3 Å². The molecule has 0 radical (unpaired) electrons. The Morgan fingerprint density at radius 2 is 1.96 bits per heavy atom. The fraction of sp³-hybridized carbons (Fsp3) is 0.429. The van der Waals surface area contributed by atoms with Crippen LogP contribution >= 0.6 is 0 Å². The van der Waals surface area contributed by atoms with E-state index in [1.807, 2.05) is 30.5 Å². The average molecular weight is 364 g/mol. The van der Waals surface area contributed by atoms with Gasteiger partial charge in [-0.1, -0.05) is 18.2 Å². The van der Waals surface area contributed by atoms with E-state index in [1.165, 1.54) is 5.56 Å². The molecule has 2 saturated heterocycles. The monoisotopic (exact) mass is 364 g/mol. The maximum atomic E-state index is 6.35. The van der Waals surface area contributed by atoms with Crippen LogP contribution in [0.1, 0.15) is 30.7 Å². The molecule has 2 fully saturated rings. The lowest BCUT2D eigenvalue weighted by molar-refractivity contribution is 0.0840. The number of rotatable bonds is 4. The quantitative estimate of drug-likeness (QED) is 0.768. The van der Waals surface area contributed by atoms with E-state index in [9.17, 15) is 0 Å². The van der Waals surface area contributed by atoms with Crippen molar-refractivity contribution in [2.24, 2.45) is 0 Å². The summed E-state index contributed by atoms with van der Waals surface area (Å²) < 4.78 is 11.9. The first-order valence-electron chi connectivity index (χ1n) is 9.76. The lowest BCUT2D eigenvalue weighted by atomic mass is 9.92. The van der Waals surface area contributed by atoms with Crippen LogP contribution in [-0.4, -0.2) is 47.4 Å². The van der Waals surface area contributed by atoms with Gasteiger partial charge < -0.3 is 19.4 Å². The lowest BCUT2D eigenvalue weighted by Gasteiger charge is -2.25. The van der Waals surface area contributed by atoms with E-state index in [-0.39, 0.29) is 6.10 Å². The number of aromatic nitrogens is 3. The predicted octanol–water partition coefficient (Wildman–Crippen LogP) is 3.51. The molecule has 6 nitrogen and oxygen atoms in total. The van der Waals surface area contributed by atoms with Gasteiger partial charge in [0.1, 0.15) is 6.10 Å². The average Bonchev–Trinajstić information content (AvgIpc) is 3.36. The van der Waals surface area contributed by atoms with Crippen molar-refractivity contribution in [3.05, 3.63) is 48.2 Å². The summed E-state index contributed by atoms with van der Waals surface area (Å²) in [5, 5.41) is 0. The molecule has 0 unspecified atom stereocenters. The summed E-state index contributed by atoms with van der Waals surface area (Å²) in [6.07, 6.45) is 5.01. The smallest absolute Gasteiger partial charge is 0.217 e. The van der Waals surface area contributed by atoms with Crippen molar-refractivity contribution in [3.8, 4) is 5.88 Å². The third-order valence-electron chi connectivity index (χ3n) is 5.56. The van der Waals surface area contributed by atoms with E-state index in [4.69, 9.17) is 14.5 Å². The Kier molecular flexibility index (Phi) is 4.41. The van der Waals surface area contributed by atoms with E-state index in [2.05, 4.69) is 27.0 Å². The van der Waals surface area contributed by atoms with Gasteiger partial charge in [0.15, 0.2) is 0 Å². The number of para-hydroxylation sites is 2. The molecular weight excluding hydrogens is 340 g/mol. The number of imidazole rings is 1. The molecule has 2 aliphatic heterocycles. The summed E-state index contributed by atoms with van der Waals surface area (Å²) in [7, 11) is 0. The molecule has 0 spiro atoms. The van der Waals surface area contributed by atoms with Gasteiger partial charge >= 0.3 is 0 Å². The summed E-state index contributed by atoms with van der Waals surface area (Å²) in [6, 6.07) is 12.3. The zero-order valence-corrected chi connectivity index (χ0v) is 15.3. The predicted molar refractivity (Wildman–Crippen MR) is 104 cm³/mol. The van der Waals surface area contributed by atoms with E-state index in [1.54, 1.807) is 0 Å². The van der Waals surface area contributed by atoms with Gasteiger partial charge in [-0.3, -0.25) is 0 Å². The van der Waals surface area contributed by atoms with Crippen molar-refractivity contribution in [1.29, 1.82) is 0 Å². The number of pyridine rings is 1. The van der Waals surface area contributed by atoms with Crippen LogP contribution in [0.2, 0.25) is 0 Å². The Labute approximate surface area is 158 Å². The number of nitrogens with zero attached hydrogens (tertiary/aromatic N) is 3. The summed E-state index contributed by atoms with van der Waals surface area (Å²) in [5.74, 6) is 2.20. The Hall–Kier alpha value is -2.60. The minimum absolute atomic E-state index is 0.131. The second-order valence-electron chi connectivity index (χ2n) is 7.34. The van der Waals surface area contributed by atoms with E-state index < -0.39 is 0 Å². The SMILES string of the molecule is c1cnc(O[C@H]2CCN(c3nc4ccccc4[nH]3)C2)c(C2CCOCC2)c1. The van der Waals surface area contributed by atoms with Crippen LogP contribution in [0.25, 0.3) is 11.0 Å². The normalized spacial score (nSPS) is 21.0. The molecule has 0 aliphatic carbocycles. The first kappa shape index (κ1) is 16.6. The Morgan fingerprint density at radius 1 is 1.07 bits per heavy atom. The Morgan fingerprint density at radius 3 is 2.85 bits per heavy atom. The van der Waals surface area contributed by atoms with Crippen molar-refractivity contribution < 1.29 is 9.47 Å². The lowest BCUT2D eigenvalue weighted by Crippen LogP contribution is -2.26. The highest BCUT2D eigenvalue weighted by molar-refractivity contribution is 5.77. The van der Waals surface area contributed by atoms with Crippen molar-refractivity contribution in [3.63, 3.8) is 0 Å². The number of fused-ring (bicyclic) bond motifs is 1. The fourth-order valence-electron chi connectivity index (χ4n) is 4.08. The number of benzene rings is 1. The number of hydrogen-bond acceptors (Lipinski definition) is 5. The van der Waals surface area contributed by atoms with Gasteiger partial charge in [0.25, 0.3) is 0 Å². The Balaban J connectivity index is 1.30. The molecule has 1 N–H and O–H groups in total. The minimum Gasteiger partial charge on any atom is -0.472 e. The molecule has 1 atom stereocenters. The van der Waals surface area contributed by atoms with Crippen LogP contribution in [0.4, 0.5) is 5.95 Å². The second-order valence-corrected chi connectivity index (χ2v) is 7.34. The fourth-order valence-corrected chi connectivity index (χ4v) is 4.08. The van der Waals surface area contributed by atoms with Gasteiger partial charge in [0.2, 0.25) is 11.8 Å². The molecule has 0 bridgehead atoms. The minimum atomic E-state index is 0.131. The van der Waals surface area contributed by atoms with Gasteiger partial charge in [-0.25, -0.2) is 9.97 Å². The molecule has 0 amide bonds. The first-order chi connectivity index (χ1) is 13.4. The number of hydrogen-bond donors (Lipinski definition) is 1. The zero-order valence-electron chi connectivity index (χ0n) is 15.3. The van der Waals surface area contributed by atoms with E-state index in [0.29, 0.717) is 5.92 Å². The second kappa shape index (κ2) is 7.19. The van der Waals surface area contributed by atoms with Crippen LogP contribution in [-0.2, 0) is 4.74 Å². The van der Waals surface area contributed by atoms with Crippen molar-refractivity contribution in [2.45, 2.75) is 31.3 Å². The van der Waals surface area contributed by atoms with Gasteiger partial charge in [0, 0.05) is 37.9 Å². The van der Waals surface area contributed by atoms with Crippen LogP contribution in [0.5, 0.6) is 5.88 Å². The maximum Gasteiger partial charge on any atom is 0.217 e. The van der Waals surface area contributed by atoms with Crippen LogP contribution in [0.15, 0.2) is 42.6 Å². The molecule has 0 saturated carbocycles. The largest absolute Gasteiger partial charge is 0.472 e. The number of ether oxygens (including phenoxy) is 2. The first-order valence-corrected chi connectivity index (χ1v) is 9.76. The zero-order chi connectivity index (χ0) is 18.1. The summed E-state index contributed by atoms with van der Waals surface area (Å²) in [5.41, 5.74) is 3.30. The highest BCUT2D eigenvalue weighted by Crippen LogP contribution is 2.33. The highest BCUT2D eigenvalue weighted by Gasteiger charge is 2.28. The third kappa shape index (κ3) is 3.37. The molecule has 3 aromatic rings. The molecule has 6 heteroatoms. The summed E-state index contributed by atoms with van der Waals surface area (Å²) >= 11 is 0. The van der Waals surface area contributed by atoms with E-state index in [0.717, 1.165) is 68.4 Å². The molecule has 4 heterocycles. The molecule has 2 aliphatic rings. The maximum absolute atomic E-state index is 6.35. The highest BCUT2D eigenvalue weighted by atomic mass is 16.5. The number of H-pyrrole nitrogens is 1. The molecule has 140 valence electrons. The summed E-state index contributed by atoms with van der Waals surface area (Å²) in [4.78, 5) is 14.9. The van der Waals surface area contributed by atoms with Gasteiger partial charge in [0.05, 0.1) is 17.6 Å². The Bertz CT molecular complexity index is 886. The molecule has 1 aromatic carbocycles. The number of anilines is 1. The van der Waals surface area contributed by atoms with Crippen LogP contribution in [0.3, 0.4) is 0 Å². The van der Waals surface area contributed by atoms with Gasteiger partial charge in [-0.05, 0) is 37.0 Å². The standard InChI is InChI=1S/C21H24N4O2/c1-2-6-19-18(5-1)23-21(24-19)25-11-7-16(14-25)27-20-17(4-3-10-22-20)15-8-12-26-13-9-15/h1-6,10,15-16H,7-9,11-14H2,(H,23,24)/t16-/m0/s1. The summed E-state index contributed by atoms with van der Waals surface area (Å²) in [6.45, 7) is 3.40. The number of nitrogens with one attached hydrogen (secondary N) is 1. The molecule has 27 heavy (non-hydrogen) atoms. The van der Waals surface area contributed by atoms with Crippen molar-refractivity contribution in [1.82, 2.24) is 15.0 Å². The van der Waals surface area contributed by atoms with Crippen molar-refractivity contribution in [2.75, 3.05) is 31.2 Å². The van der Waals surface area contributed by atoms with E-state index >= 15 is 0 Å². The number of aromatic amines is 1. The van der Waals surface area contributed by atoms with Crippen LogP contribution in [0, 0.1) is 0 Å². The van der Waals surface area contributed by atoms with Crippen molar-refractivity contribution >= 4 is 17.0 Å². The molecule has 5 rings (SSSR count). The van der Waals surface area contributed by atoms with Crippen LogP contribution < -0.4 is 9.64 Å². The van der Waals surface area contributed by atoms with Gasteiger partial charge in [-0.2, -0.15) is 0 Å².